The summed E-state index contributed by atoms with van der Waals surface area (Å²) in [5, 5.41) is 10.7. The summed E-state index contributed by atoms with van der Waals surface area (Å²) >= 11 is 0. The van der Waals surface area contributed by atoms with Crippen molar-refractivity contribution >= 4 is 6.09 Å². The van der Waals surface area contributed by atoms with Crippen LogP contribution < -0.4 is 0 Å². The van der Waals surface area contributed by atoms with Gasteiger partial charge in [-0.1, -0.05) is 12.1 Å². The van der Waals surface area contributed by atoms with E-state index in [4.69, 9.17) is 4.74 Å². The van der Waals surface area contributed by atoms with E-state index in [1.54, 1.807) is 25.7 Å². The Bertz CT molecular complexity index is 597. The number of carbonyl (C=O) groups excluding carboxylic acids is 1. The smallest absolute Gasteiger partial charge is 0.416 e. The van der Waals surface area contributed by atoms with E-state index in [2.05, 4.69) is 0 Å². The van der Waals surface area contributed by atoms with E-state index < -0.39 is 29.0 Å². The summed E-state index contributed by atoms with van der Waals surface area (Å²) in [6.07, 6.45) is -3.81. The van der Waals surface area contributed by atoms with Crippen LogP contribution in [0.15, 0.2) is 24.3 Å². The van der Waals surface area contributed by atoms with Crippen LogP contribution >= 0.6 is 0 Å². The van der Waals surface area contributed by atoms with Gasteiger partial charge in [0.15, 0.2) is 0 Å². The third-order valence-electron chi connectivity index (χ3n) is 4.16. The number of carbonyl (C=O) groups is 1. The first-order valence-corrected chi connectivity index (χ1v) is 8.24. The minimum Gasteiger partial charge on any atom is -0.444 e. The normalized spacial score (nSPS) is 18.1. The number of likely N-dealkylation sites (tertiary alicyclic amines) is 1. The molecule has 0 radical (unpaired) electrons. The highest BCUT2D eigenvalue weighted by atomic mass is 19.4. The molecule has 1 aliphatic rings. The molecular weight excluding hydrogens is 335 g/mol. The van der Waals surface area contributed by atoms with E-state index in [0.717, 1.165) is 12.1 Å². The molecule has 0 bridgehead atoms. The molecule has 1 heterocycles. The molecule has 140 valence electrons. The average Bonchev–Trinajstić information content (AvgIpc) is 2.45. The topological polar surface area (TPSA) is 49.8 Å². The molecule has 0 aromatic heterocycles. The molecule has 1 amide bonds. The number of amides is 1. The lowest BCUT2D eigenvalue weighted by molar-refractivity contribution is -0.137. The van der Waals surface area contributed by atoms with Crippen LogP contribution in [-0.2, 0) is 17.3 Å². The summed E-state index contributed by atoms with van der Waals surface area (Å²) < 4.78 is 43.1. The third-order valence-corrected chi connectivity index (χ3v) is 4.16. The number of piperidine rings is 1. The lowest BCUT2D eigenvalue weighted by Crippen LogP contribution is -2.49. The molecule has 0 unspecified atom stereocenters. The second-order valence-electron chi connectivity index (χ2n) is 7.56. The minimum absolute atomic E-state index is 0.257. The van der Waals surface area contributed by atoms with Gasteiger partial charge in [-0.05, 0) is 51.3 Å². The van der Waals surface area contributed by atoms with Crippen molar-refractivity contribution in [3.63, 3.8) is 0 Å². The largest absolute Gasteiger partial charge is 0.444 e. The van der Waals surface area contributed by atoms with Gasteiger partial charge in [-0.25, -0.2) is 4.79 Å². The first kappa shape index (κ1) is 19.6. The number of rotatable bonds is 2. The first-order valence-electron chi connectivity index (χ1n) is 8.24. The second-order valence-corrected chi connectivity index (χ2v) is 7.56. The standard InChI is InChI=1S/C18H24F3NO3/c1-16(2,3)25-15(23)22-10-8-17(24,9-11-22)12-13-4-6-14(7-5-13)18(19,20)21/h4-7,24H,8-12H2,1-3H3. The first-order chi connectivity index (χ1) is 11.4. The van der Waals surface area contributed by atoms with Gasteiger partial charge in [0.25, 0.3) is 0 Å². The zero-order chi connectivity index (χ0) is 18.9. The molecule has 1 aliphatic heterocycles. The number of hydrogen-bond donors (Lipinski definition) is 1. The van der Waals surface area contributed by atoms with E-state index in [1.807, 2.05) is 0 Å². The lowest BCUT2D eigenvalue weighted by Gasteiger charge is -2.38. The Balaban J connectivity index is 1.93. The van der Waals surface area contributed by atoms with Gasteiger partial charge in [-0.2, -0.15) is 13.2 Å². The number of alkyl halides is 3. The van der Waals surface area contributed by atoms with Crippen molar-refractivity contribution in [2.24, 2.45) is 0 Å². The summed E-state index contributed by atoms with van der Waals surface area (Å²) in [5.41, 5.74) is -1.67. The Morgan fingerprint density at radius 2 is 1.68 bits per heavy atom. The van der Waals surface area contributed by atoms with Crippen LogP contribution in [-0.4, -0.2) is 40.4 Å². The number of hydrogen-bond acceptors (Lipinski definition) is 3. The van der Waals surface area contributed by atoms with E-state index in [9.17, 15) is 23.1 Å². The fourth-order valence-corrected chi connectivity index (χ4v) is 2.80. The minimum atomic E-state index is -4.37. The SMILES string of the molecule is CC(C)(C)OC(=O)N1CCC(O)(Cc2ccc(C(F)(F)F)cc2)CC1. The van der Waals surface area contributed by atoms with Gasteiger partial charge >= 0.3 is 12.3 Å². The molecule has 1 fully saturated rings. The maximum absolute atomic E-state index is 12.6. The number of nitrogens with zero attached hydrogens (tertiary/aromatic N) is 1. The van der Waals surface area contributed by atoms with Crippen LogP contribution in [0.3, 0.4) is 0 Å². The number of benzene rings is 1. The van der Waals surface area contributed by atoms with Crippen molar-refractivity contribution in [2.45, 2.75) is 57.4 Å². The molecule has 2 rings (SSSR count). The fraction of sp³-hybridized carbons (Fsp3) is 0.611. The molecule has 0 saturated carbocycles. The highest BCUT2D eigenvalue weighted by Gasteiger charge is 2.36. The van der Waals surface area contributed by atoms with Crippen LogP contribution in [0.25, 0.3) is 0 Å². The van der Waals surface area contributed by atoms with Crippen molar-refractivity contribution in [1.29, 1.82) is 0 Å². The highest BCUT2D eigenvalue weighted by molar-refractivity contribution is 5.68. The Morgan fingerprint density at radius 3 is 2.12 bits per heavy atom. The monoisotopic (exact) mass is 359 g/mol. The summed E-state index contributed by atoms with van der Waals surface area (Å²) in [6, 6.07) is 4.82. The molecule has 0 atom stereocenters. The van der Waals surface area contributed by atoms with Crippen LogP contribution in [0.1, 0.15) is 44.7 Å². The van der Waals surface area contributed by atoms with Crippen molar-refractivity contribution < 1.29 is 27.8 Å². The predicted octanol–water partition coefficient (Wildman–Crippen LogP) is 4.01. The van der Waals surface area contributed by atoms with E-state index >= 15 is 0 Å². The van der Waals surface area contributed by atoms with Crippen molar-refractivity contribution in [2.75, 3.05) is 13.1 Å². The van der Waals surface area contributed by atoms with Crippen LogP contribution in [0.5, 0.6) is 0 Å². The quantitative estimate of drug-likeness (QED) is 0.868. The zero-order valence-electron chi connectivity index (χ0n) is 14.7. The maximum atomic E-state index is 12.6. The van der Waals surface area contributed by atoms with Crippen LogP contribution in [0, 0.1) is 0 Å². The van der Waals surface area contributed by atoms with Crippen molar-refractivity contribution in [3.8, 4) is 0 Å². The second kappa shape index (κ2) is 6.86. The molecule has 7 heteroatoms. The maximum Gasteiger partial charge on any atom is 0.416 e. The third kappa shape index (κ3) is 5.63. The van der Waals surface area contributed by atoms with E-state index in [1.165, 1.54) is 12.1 Å². The predicted molar refractivity (Wildman–Crippen MR) is 87.1 cm³/mol. The number of halogens is 3. The molecule has 0 aliphatic carbocycles. The van der Waals surface area contributed by atoms with Gasteiger partial charge in [0.1, 0.15) is 5.60 Å². The van der Waals surface area contributed by atoms with Gasteiger partial charge in [0.2, 0.25) is 0 Å². The number of ether oxygens (including phenoxy) is 1. The number of aliphatic hydroxyl groups is 1. The summed E-state index contributed by atoms with van der Waals surface area (Å²) in [6.45, 7) is 6.07. The molecule has 0 spiro atoms. The van der Waals surface area contributed by atoms with Gasteiger partial charge in [0.05, 0.1) is 11.2 Å². The summed E-state index contributed by atoms with van der Waals surface area (Å²) in [7, 11) is 0. The van der Waals surface area contributed by atoms with Gasteiger partial charge in [0, 0.05) is 19.5 Å². The molecule has 1 saturated heterocycles. The van der Waals surface area contributed by atoms with Crippen molar-refractivity contribution in [3.05, 3.63) is 35.4 Å². The molecule has 1 aromatic carbocycles. The average molecular weight is 359 g/mol. The molecular formula is C18H24F3NO3. The summed E-state index contributed by atoms with van der Waals surface area (Å²) in [5.74, 6) is 0. The summed E-state index contributed by atoms with van der Waals surface area (Å²) in [4.78, 5) is 13.6. The van der Waals surface area contributed by atoms with Gasteiger partial charge < -0.3 is 14.7 Å². The van der Waals surface area contributed by atoms with E-state index in [-0.39, 0.29) is 6.42 Å². The Labute approximate surface area is 145 Å². The lowest BCUT2D eigenvalue weighted by atomic mass is 9.85. The van der Waals surface area contributed by atoms with Gasteiger partial charge in [-0.15, -0.1) is 0 Å². The highest BCUT2D eigenvalue weighted by Crippen LogP contribution is 2.31. The Kier molecular flexibility index (Phi) is 5.37. The van der Waals surface area contributed by atoms with Crippen LogP contribution in [0.4, 0.5) is 18.0 Å². The molecule has 25 heavy (non-hydrogen) atoms. The van der Waals surface area contributed by atoms with Gasteiger partial charge in [-0.3, -0.25) is 0 Å². The van der Waals surface area contributed by atoms with Crippen LogP contribution in [0.2, 0.25) is 0 Å². The molecule has 1 aromatic rings. The molecule has 1 N–H and O–H groups in total. The van der Waals surface area contributed by atoms with Crippen molar-refractivity contribution in [1.82, 2.24) is 4.90 Å². The Hall–Kier alpha value is -1.76. The molecule has 4 nitrogen and oxygen atoms in total. The zero-order valence-corrected chi connectivity index (χ0v) is 14.7. The van der Waals surface area contributed by atoms with E-state index in [0.29, 0.717) is 31.5 Å². The Morgan fingerprint density at radius 1 is 1.16 bits per heavy atom. The fourth-order valence-electron chi connectivity index (χ4n) is 2.80.